The van der Waals surface area contributed by atoms with Crippen molar-refractivity contribution in [2.24, 2.45) is 0 Å². The van der Waals surface area contributed by atoms with Gasteiger partial charge in [-0.3, -0.25) is 14.2 Å². The molecule has 2 heterocycles. The van der Waals surface area contributed by atoms with Crippen molar-refractivity contribution in [1.29, 1.82) is 0 Å². The quantitative estimate of drug-likeness (QED) is 0.397. The molecule has 0 aliphatic carbocycles. The van der Waals surface area contributed by atoms with Gasteiger partial charge in [0.25, 0.3) is 5.56 Å². The van der Waals surface area contributed by atoms with Crippen LogP contribution < -0.4 is 10.3 Å². The van der Waals surface area contributed by atoms with Gasteiger partial charge in [0.05, 0.1) is 30.0 Å². The second kappa shape index (κ2) is 8.84. The molecule has 0 fully saturated rings. The van der Waals surface area contributed by atoms with E-state index in [0.717, 1.165) is 23.6 Å². The van der Waals surface area contributed by atoms with Crippen molar-refractivity contribution >= 4 is 29.5 Å². The molecule has 0 radical (unpaired) electrons. The molecule has 1 aromatic heterocycles. The molecule has 2 aromatic rings. The average molecular weight is 407 g/mol. The fourth-order valence-electron chi connectivity index (χ4n) is 2.81. The second-order valence-electron chi connectivity index (χ2n) is 5.87. The third kappa shape index (κ3) is 4.16. The first-order chi connectivity index (χ1) is 13.1. The van der Waals surface area contributed by atoms with E-state index in [-0.39, 0.29) is 11.5 Å². The Bertz CT molecular complexity index is 881. The number of carbonyl (C=O) groups is 1. The molecule has 27 heavy (non-hydrogen) atoms. The highest BCUT2D eigenvalue weighted by molar-refractivity contribution is 8.00. The molecule has 8 heteroatoms. The number of hydrogen-bond acceptors (Lipinski definition) is 7. The Morgan fingerprint density at radius 3 is 2.70 bits per heavy atom. The van der Waals surface area contributed by atoms with Crippen molar-refractivity contribution in [3.05, 3.63) is 40.3 Å². The normalized spacial score (nSPS) is 13.9. The van der Waals surface area contributed by atoms with Gasteiger partial charge >= 0.3 is 5.97 Å². The molecule has 1 aliphatic heterocycles. The van der Waals surface area contributed by atoms with E-state index < -0.39 is 5.25 Å². The van der Waals surface area contributed by atoms with E-state index in [2.05, 4.69) is 0 Å². The largest absolute Gasteiger partial charge is 0.494 e. The van der Waals surface area contributed by atoms with E-state index in [1.165, 1.54) is 30.6 Å². The van der Waals surface area contributed by atoms with E-state index in [1.54, 1.807) is 4.57 Å². The lowest BCUT2D eigenvalue weighted by molar-refractivity contribution is -0.140. The fourth-order valence-corrected chi connectivity index (χ4v) is 4.91. The van der Waals surface area contributed by atoms with Crippen LogP contribution in [0.15, 0.2) is 39.1 Å². The van der Waals surface area contributed by atoms with E-state index in [0.29, 0.717) is 28.8 Å². The Hall–Kier alpha value is -1.93. The maximum Gasteiger partial charge on any atom is 0.319 e. The summed E-state index contributed by atoms with van der Waals surface area (Å²) >= 11 is 2.81. The van der Waals surface area contributed by atoms with Crippen LogP contribution in [0.1, 0.15) is 26.0 Å². The van der Waals surface area contributed by atoms with Crippen LogP contribution in [0.25, 0.3) is 5.69 Å². The number of fused-ring (bicyclic) bond motifs is 1. The van der Waals surface area contributed by atoms with Crippen molar-refractivity contribution in [3.8, 4) is 11.4 Å². The molecule has 0 unspecified atom stereocenters. The number of aromatic nitrogens is 2. The van der Waals surface area contributed by atoms with Gasteiger partial charge in [0.1, 0.15) is 11.0 Å². The molecule has 0 saturated heterocycles. The zero-order chi connectivity index (χ0) is 19.4. The second-order valence-corrected chi connectivity index (χ2v) is 8.15. The van der Waals surface area contributed by atoms with Crippen molar-refractivity contribution in [2.75, 3.05) is 19.5 Å². The lowest BCUT2D eigenvalue weighted by Gasteiger charge is -2.17. The predicted octanol–water partition coefficient (Wildman–Crippen LogP) is 3.32. The molecular weight excluding hydrogens is 384 g/mol. The molecule has 0 amide bonds. The monoisotopic (exact) mass is 406 g/mol. The third-order valence-electron chi connectivity index (χ3n) is 4.16. The summed E-state index contributed by atoms with van der Waals surface area (Å²) in [6, 6.07) is 7.34. The highest BCUT2D eigenvalue weighted by Gasteiger charge is 2.26. The van der Waals surface area contributed by atoms with Gasteiger partial charge in [0.2, 0.25) is 0 Å². The van der Waals surface area contributed by atoms with Crippen LogP contribution in [0, 0.1) is 0 Å². The first-order valence-electron chi connectivity index (χ1n) is 8.85. The van der Waals surface area contributed by atoms with Crippen molar-refractivity contribution in [3.63, 3.8) is 0 Å². The number of rotatable bonds is 7. The Kier molecular flexibility index (Phi) is 6.49. The van der Waals surface area contributed by atoms with Crippen LogP contribution >= 0.6 is 23.5 Å². The van der Waals surface area contributed by atoms with Crippen LogP contribution in [0.3, 0.4) is 0 Å². The first-order valence-corrected chi connectivity index (χ1v) is 10.7. The summed E-state index contributed by atoms with van der Waals surface area (Å²) in [7, 11) is 1.37. The first kappa shape index (κ1) is 19.8. The number of benzene rings is 1. The highest BCUT2D eigenvalue weighted by atomic mass is 32.2. The average Bonchev–Trinajstić information content (AvgIpc) is 3.15. The minimum atomic E-state index is -0.414. The summed E-state index contributed by atoms with van der Waals surface area (Å²) in [4.78, 5) is 30.6. The summed E-state index contributed by atoms with van der Waals surface area (Å²) < 4.78 is 12.0. The molecule has 1 atom stereocenters. The Labute approximate surface area is 166 Å². The number of aryl methyl sites for hydroxylation is 1. The van der Waals surface area contributed by atoms with Crippen LogP contribution in [0.5, 0.6) is 5.75 Å². The van der Waals surface area contributed by atoms with E-state index >= 15 is 0 Å². The van der Waals surface area contributed by atoms with Crippen LogP contribution in [-0.2, 0) is 16.0 Å². The smallest absolute Gasteiger partial charge is 0.319 e. The highest BCUT2D eigenvalue weighted by Crippen LogP contribution is 2.32. The van der Waals surface area contributed by atoms with Crippen LogP contribution in [-0.4, -0.2) is 40.2 Å². The van der Waals surface area contributed by atoms with Gasteiger partial charge in [0.15, 0.2) is 5.16 Å². The van der Waals surface area contributed by atoms with E-state index in [9.17, 15) is 9.59 Å². The van der Waals surface area contributed by atoms with Gasteiger partial charge in [-0.25, -0.2) is 4.98 Å². The SMILES string of the molecule is CCOc1ccc(-n2c(S[C@H](CC)C(=O)OC)nc3c(c2=O)SCC3)cc1. The molecule has 0 spiro atoms. The Morgan fingerprint density at radius 1 is 1.33 bits per heavy atom. The zero-order valence-corrected chi connectivity index (χ0v) is 17.2. The van der Waals surface area contributed by atoms with Crippen LogP contribution in [0.4, 0.5) is 0 Å². The van der Waals surface area contributed by atoms with Crippen molar-refractivity contribution < 1.29 is 14.3 Å². The molecule has 1 aromatic carbocycles. The molecular formula is C19H22N2O4S2. The number of methoxy groups -OCH3 is 1. The maximum atomic E-state index is 13.1. The van der Waals surface area contributed by atoms with Gasteiger partial charge in [-0.1, -0.05) is 18.7 Å². The minimum Gasteiger partial charge on any atom is -0.494 e. The molecule has 0 saturated carbocycles. The summed E-state index contributed by atoms with van der Waals surface area (Å²) in [6.07, 6.45) is 1.35. The molecule has 3 rings (SSSR count). The van der Waals surface area contributed by atoms with Gasteiger partial charge in [-0.15, -0.1) is 11.8 Å². The summed E-state index contributed by atoms with van der Waals surface area (Å²) in [5, 5.41) is 0.102. The molecule has 6 nitrogen and oxygen atoms in total. The molecule has 1 aliphatic rings. The number of carbonyl (C=O) groups excluding carboxylic acids is 1. The van der Waals surface area contributed by atoms with Gasteiger partial charge in [0, 0.05) is 12.2 Å². The van der Waals surface area contributed by atoms with Crippen molar-refractivity contribution in [2.45, 2.75) is 42.0 Å². The minimum absolute atomic E-state index is 0.0890. The third-order valence-corrected chi connectivity index (χ3v) is 6.56. The topological polar surface area (TPSA) is 70.4 Å². The number of esters is 1. The van der Waals surface area contributed by atoms with Crippen molar-refractivity contribution in [1.82, 2.24) is 9.55 Å². The van der Waals surface area contributed by atoms with Gasteiger partial charge in [-0.2, -0.15) is 0 Å². The summed E-state index contributed by atoms with van der Waals surface area (Å²) in [5.41, 5.74) is 1.43. The number of hydrogen-bond donors (Lipinski definition) is 0. The molecule has 0 bridgehead atoms. The summed E-state index contributed by atoms with van der Waals surface area (Å²) in [6.45, 7) is 4.42. The standard InChI is InChI=1S/C19H22N2O4S2/c1-4-15(18(23)24-3)27-19-20-14-10-11-26-16(14)17(22)21(19)12-6-8-13(9-7-12)25-5-2/h6-9,15H,4-5,10-11H2,1-3H3/t15-/m1/s1. The summed E-state index contributed by atoms with van der Waals surface area (Å²) in [5.74, 6) is 1.28. The van der Waals surface area contributed by atoms with Gasteiger partial charge in [-0.05, 0) is 37.6 Å². The number of nitrogens with zero attached hydrogens (tertiary/aromatic N) is 2. The zero-order valence-electron chi connectivity index (χ0n) is 15.6. The Morgan fingerprint density at radius 2 is 2.07 bits per heavy atom. The maximum absolute atomic E-state index is 13.1. The van der Waals surface area contributed by atoms with Gasteiger partial charge < -0.3 is 9.47 Å². The lowest BCUT2D eigenvalue weighted by Crippen LogP contribution is -2.26. The van der Waals surface area contributed by atoms with E-state index in [1.807, 2.05) is 38.1 Å². The fraction of sp³-hybridized carbons (Fsp3) is 0.421. The van der Waals surface area contributed by atoms with Crippen LogP contribution in [0.2, 0.25) is 0 Å². The number of ether oxygens (including phenoxy) is 2. The molecule has 0 N–H and O–H groups in total. The van der Waals surface area contributed by atoms with E-state index in [4.69, 9.17) is 14.5 Å². The Balaban J connectivity index is 2.08. The lowest BCUT2D eigenvalue weighted by atomic mass is 10.3. The molecule has 144 valence electrons. The predicted molar refractivity (Wildman–Crippen MR) is 107 cm³/mol. The number of thioether (sulfide) groups is 2.